The number of rotatable bonds is 7. The third kappa shape index (κ3) is 5.30. The summed E-state index contributed by atoms with van der Waals surface area (Å²) in [6.07, 6.45) is 0. The van der Waals surface area contributed by atoms with Crippen molar-refractivity contribution in [3.05, 3.63) is 47.5 Å². The van der Waals surface area contributed by atoms with Gasteiger partial charge in [0.25, 0.3) is 5.91 Å². The second-order valence-electron chi connectivity index (χ2n) is 6.67. The Morgan fingerprint density at radius 2 is 1.75 bits per heavy atom. The van der Waals surface area contributed by atoms with Crippen molar-refractivity contribution in [3.8, 4) is 11.5 Å². The van der Waals surface area contributed by atoms with Gasteiger partial charge in [-0.15, -0.1) is 0 Å². The Bertz CT molecular complexity index is 807. The smallest absolute Gasteiger partial charge is 0.262 e. The van der Waals surface area contributed by atoms with E-state index >= 15 is 0 Å². The molecular weight excluding hydrogens is 378 g/mol. The van der Waals surface area contributed by atoms with E-state index in [0.717, 1.165) is 31.9 Å². The second-order valence-corrected chi connectivity index (χ2v) is 7.10. The molecule has 0 bridgehead atoms. The van der Waals surface area contributed by atoms with Crippen LogP contribution in [0.5, 0.6) is 11.5 Å². The number of nitrogens with one attached hydrogen (secondary N) is 1. The summed E-state index contributed by atoms with van der Waals surface area (Å²) in [5.41, 5.74) is 1.67. The zero-order valence-corrected chi connectivity index (χ0v) is 17.0. The van der Waals surface area contributed by atoms with Gasteiger partial charge in [-0.1, -0.05) is 23.7 Å². The lowest BCUT2D eigenvalue weighted by Crippen LogP contribution is -2.44. The molecule has 0 saturated carbocycles. The summed E-state index contributed by atoms with van der Waals surface area (Å²) in [5, 5.41) is 3.52. The summed E-state index contributed by atoms with van der Waals surface area (Å²) in [7, 11) is 2.11. The molecule has 1 aliphatic heterocycles. The zero-order chi connectivity index (χ0) is 19.9. The average Bonchev–Trinajstić information content (AvgIpc) is 2.69. The molecule has 1 aliphatic rings. The Balaban J connectivity index is 1.66. The van der Waals surface area contributed by atoms with Crippen molar-refractivity contribution in [1.29, 1.82) is 0 Å². The van der Waals surface area contributed by atoms with Crippen LogP contribution in [0.2, 0.25) is 5.02 Å². The van der Waals surface area contributed by atoms with Crippen molar-refractivity contribution in [2.24, 2.45) is 0 Å². The van der Waals surface area contributed by atoms with Crippen molar-refractivity contribution < 1.29 is 14.3 Å². The Morgan fingerprint density at radius 3 is 2.43 bits per heavy atom. The lowest BCUT2D eigenvalue weighted by molar-refractivity contribution is -0.118. The number of carbonyl (C=O) groups excluding carboxylic acids is 1. The van der Waals surface area contributed by atoms with E-state index in [1.807, 2.05) is 37.3 Å². The predicted octanol–water partition coefficient (Wildman–Crippen LogP) is 3.51. The van der Waals surface area contributed by atoms with Crippen LogP contribution in [0.25, 0.3) is 0 Å². The van der Waals surface area contributed by atoms with E-state index in [-0.39, 0.29) is 12.5 Å². The van der Waals surface area contributed by atoms with Gasteiger partial charge in [-0.05, 0) is 44.3 Å². The monoisotopic (exact) mass is 403 g/mol. The second kappa shape index (κ2) is 9.66. The van der Waals surface area contributed by atoms with Gasteiger partial charge in [0.2, 0.25) is 0 Å². The number of hydrogen-bond acceptors (Lipinski definition) is 5. The van der Waals surface area contributed by atoms with Gasteiger partial charge in [-0.2, -0.15) is 0 Å². The van der Waals surface area contributed by atoms with Gasteiger partial charge >= 0.3 is 0 Å². The molecule has 2 aromatic carbocycles. The normalized spacial score (nSPS) is 14.6. The summed E-state index contributed by atoms with van der Waals surface area (Å²) < 4.78 is 11.2. The fraction of sp³-hybridized carbons (Fsp3) is 0.381. The number of halogens is 1. The first-order valence-electron chi connectivity index (χ1n) is 9.44. The number of likely N-dealkylation sites (N-methyl/N-ethyl adjacent to an activating group) is 1. The van der Waals surface area contributed by atoms with Gasteiger partial charge in [0.15, 0.2) is 18.1 Å². The van der Waals surface area contributed by atoms with Crippen LogP contribution in [0, 0.1) is 0 Å². The summed E-state index contributed by atoms with van der Waals surface area (Å²) >= 11 is 6.17. The minimum Gasteiger partial charge on any atom is -0.490 e. The van der Waals surface area contributed by atoms with Crippen LogP contribution in [0.15, 0.2) is 42.5 Å². The first-order valence-corrected chi connectivity index (χ1v) is 9.82. The molecule has 1 saturated heterocycles. The van der Waals surface area contributed by atoms with Crippen LogP contribution in [-0.2, 0) is 4.79 Å². The lowest BCUT2D eigenvalue weighted by Gasteiger charge is -2.35. The summed E-state index contributed by atoms with van der Waals surface area (Å²) in [6, 6.07) is 12.9. The fourth-order valence-corrected chi connectivity index (χ4v) is 3.28. The first kappa shape index (κ1) is 20.3. The van der Waals surface area contributed by atoms with Crippen LogP contribution in [0.1, 0.15) is 6.92 Å². The standard InChI is InChI=1S/C21H26ClN3O3/c1-3-27-19-6-4-5-7-20(19)28-15-21(26)23-17-14-16(22)8-9-18(17)25-12-10-24(2)11-13-25/h4-9,14H,3,10-13,15H2,1-2H3,(H,23,26). The Labute approximate surface area is 171 Å². The summed E-state index contributed by atoms with van der Waals surface area (Å²) in [6.45, 7) is 6.09. The molecule has 2 aromatic rings. The molecule has 6 nitrogen and oxygen atoms in total. The number of ether oxygens (including phenoxy) is 2. The number of para-hydroxylation sites is 2. The summed E-state index contributed by atoms with van der Waals surface area (Å²) in [5.74, 6) is 0.924. The third-order valence-corrected chi connectivity index (χ3v) is 4.82. The molecule has 1 N–H and O–H groups in total. The molecule has 28 heavy (non-hydrogen) atoms. The molecule has 150 valence electrons. The summed E-state index contributed by atoms with van der Waals surface area (Å²) in [4.78, 5) is 17.1. The van der Waals surface area contributed by atoms with Crippen LogP contribution in [0.3, 0.4) is 0 Å². The van der Waals surface area contributed by atoms with Crippen molar-refractivity contribution >= 4 is 28.9 Å². The minimum atomic E-state index is -0.246. The minimum absolute atomic E-state index is 0.112. The molecule has 1 fully saturated rings. The number of nitrogens with zero attached hydrogens (tertiary/aromatic N) is 2. The highest BCUT2D eigenvalue weighted by atomic mass is 35.5. The number of amides is 1. The van der Waals surface area contributed by atoms with Crippen LogP contribution in [0.4, 0.5) is 11.4 Å². The number of piperazine rings is 1. The molecule has 0 atom stereocenters. The van der Waals surface area contributed by atoms with Gasteiger partial charge in [0.1, 0.15) is 0 Å². The van der Waals surface area contributed by atoms with Gasteiger partial charge in [0.05, 0.1) is 18.0 Å². The average molecular weight is 404 g/mol. The van der Waals surface area contributed by atoms with Gasteiger partial charge in [-0.3, -0.25) is 4.79 Å². The number of benzene rings is 2. The molecule has 1 amide bonds. The largest absolute Gasteiger partial charge is 0.490 e. The molecular formula is C21H26ClN3O3. The lowest BCUT2D eigenvalue weighted by atomic mass is 10.2. The third-order valence-electron chi connectivity index (χ3n) is 4.58. The maximum absolute atomic E-state index is 12.5. The quantitative estimate of drug-likeness (QED) is 0.766. The molecule has 0 aromatic heterocycles. The van der Waals surface area contributed by atoms with E-state index in [2.05, 4.69) is 22.2 Å². The topological polar surface area (TPSA) is 54.0 Å². The van der Waals surface area contributed by atoms with Gasteiger partial charge in [0, 0.05) is 31.2 Å². The van der Waals surface area contributed by atoms with Crippen molar-refractivity contribution in [1.82, 2.24) is 4.90 Å². The van der Waals surface area contributed by atoms with Gasteiger partial charge < -0.3 is 24.6 Å². The number of anilines is 2. The number of carbonyl (C=O) groups is 1. The maximum atomic E-state index is 12.5. The van der Waals surface area contributed by atoms with E-state index < -0.39 is 0 Å². The van der Waals surface area contributed by atoms with E-state index in [1.54, 1.807) is 12.1 Å². The maximum Gasteiger partial charge on any atom is 0.262 e. The fourth-order valence-electron chi connectivity index (χ4n) is 3.11. The van der Waals surface area contributed by atoms with E-state index in [1.165, 1.54) is 0 Å². The SMILES string of the molecule is CCOc1ccccc1OCC(=O)Nc1cc(Cl)ccc1N1CCN(C)CC1. The Kier molecular flexibility index (Phi) is 7.01. The zero-order valence-electron chi connectivity index (χ0n) is 16.3. The molecule has 0 spiro atoms. The van der Waals surface area contributed by atoms with Crippen LogP contribution < -0.4 is 19.7 Å². The van der Waals surface area contributed by atoms with Crippen molar-refractivity contribution in [3.63, 3.8) is 0 Å². The molecule has 1 heterocycles. The molecule has 3 rings (SSSR count). The molecule has 0 aliphatic carbocycles. The van der Waals surface area contributed by atoms with Crippen molar-refractivity contribution in [2.45, 2.75) is 6.92 Å². The highest BCUT2D eigenvalue weighted by Gasteiger charge is 2.18. The molecule has 0 unspecified atom stereocenters. The molecule has 0 radical (unpaired) electrons. The Hall–Kier alpha value is -2.44. The van der Waals surface area contributed by atoms with E-state index in [0.29, 0.717) is 28.8 Å². The highest BCUT2D eigenvalue weighted by molar-refractivity contribution is 6.31. The van der Waals surface area contributed by atoms with Gasteiger partial charge in [-0.25, -0.2) is 0 Å². The van der Waals surface area contributed by atoms with Crippen LogP contribution in [-0.4, -0.2) is 57.2 Å². The highest BCUT2D eigenvalue weighted by Crippen LogP contribution is 2.30. The first-order chi connectivity index (χ1) is 13.6. The van der Waals surface area contributed by atoms with E-state index in [9.17, 15) is 4.79 Å². The van der Waals surface area contributed by atoms with Crippen LogP contribution >= 0.6 is 11.6 Å². The predicted molar refractivity (Wildman–Crippen MR) is 113 cm³/mol. The Morgan fingerprint density at radius 1 is 1.07 bits per heavy atom. The molecule has 7 heteroatoms. The van der Waals surface area contributed by atoms with Crippen molar-refractivity contribution in [2.75, 3.05) is 56.7 Å². The van der Waals surface area contributed by atoms with E-state index in [4.69, 9.17) is 21.1 Å². The number of hydrogen-bond donors (Lipinski definition) is 1.